The number of benzene rings is 1. The molecule has 1 aliphatic rings. The van der Waals surface area contributed by atoms with Gasteiger partial charge in [-0.3, -0.25) is 14.5 Å². The van der Waals surface area contributed by atoms with E-state index in [0.29, 0.717) is 23.5 Å². The number of nitrogens with one attached hydrogen (secondary N) is 1. The van der Waals surface area contributed by atoms with E-state index in [4.69, 9.17) is 4.74 Å². The van der Waals surface area contributed by atoms with Crippen molar-refractivity contribution in [1.29, 1.82) is 0 Å². The second-order valence-corrected chi connectivity index (χ2v) is 5.69. The minimum atomic E-state index is -0.903. The molecule has 1 heterocycles. The van der Waals surface area contributed by atoms with Crippen LogP contribution in [0.25, 0.3) is 0 Å². The zero-order chi connectivity index (χ0) is 20.2. The van der Waals surface area contributed by atoms with Crippen LogP contribution in [0.4, 0.5) is 0 Å². The lowest BCUT2D eigenvalue weighted by Crippen LogP contribution is -2.31. The maximum atomic E-state index is 12.2. The maximum Gasteiger partial charge on any atom is 0.294 e. The van der Waals surface area contributed by atoms with Gasteiger partial charge in [0.15, 0.2) is 0 Å². The first-order valence-electron chi connectivity index (χ1n) is 9.07. The summed E-state index contributed by atoms with van der Waals surface area (Å²) >= 11 is 0. The lowest BCUT2D eigenvalue weighted by atomic mass is 10.1. The molecule has 1 aromatic carbocycles. The van der Waals surface area contributed by atoms with E-state index in [1.807, 2.05) is 6.92 Å². The zero-order valence-electron chi connectivity index (χ0n) is 16.0. The second-order valence-electron chi connectivity index (χ2n) is 5.69. The Morgan fingerprint density at radius 1 is 1.07 bits per heavy atom. The molecule has 9 nitrogen and oxygen atoms in total. The van der Waals surface area contributed by atoms with Gasteiger partial charge in [-0.2, -0.15) is 0 Å². The molecular formula is C18H27N3O6. The van der Waals surface area contributed by atoms with Gasteiger partial charge in [0.1, 0.15) is 5.75 Å². The molecule has 0 aromatic heterocycles. The number of amides is 2. The second kappa shape index (κ2) is 11.8. The van der Waals surface area contributed by atoms with Gasteiger partial charge in [0.05, 0.1) is 24.3 Å². The van der Waals surface area contributed by atoms with Crippen molar-refractivity contribution >= 4 is 11.8 Å². The van der Waals surface area contributed by atoms with Crippen LogP contribution in [0.2, 0.25) is 0 Å². The van der Waals surface area contributed by atoms with E-state index in [-0.39, 0.29) is 19.6 Å². The van der Waals surface area contributed by atoms with Gasteiger partial charge in [-0.1, -0.05) is 20.8 Å². The van der Waals surface area contributed by atoms with E-state index in [0.717, 1.165) is 24.4 Å². The molecule has 0 unspecified atom stereocenters. The standard InChI is InChI=1S/C14H16N2O6.C4H11N/c1-2-7-21-10-4-5-11-12(9-10)14(18)15(13(11)17)6-3-8-22-16(19)20;1-3-5-4-2/h4-5,9H,2-3,6-8H2,1H3;5H,3-4H2,1-2H3. The first-order valence-corrected chi connectivity index (χ1v) is 9.07. The Balaban J connectivity index is 0.000000646. The Labute approximate surface area is 158 Å². The number of hydrogen-bond donors (Lipinski definition) is 1. The van der Waals surface area contributed by atoms with E-state index >= 15 is 0 Å². The number of ether oxygens (including phenoxy) is 1. The fraction of sp³-hybridized carbons (Fsp3) is 0.556. The van der Waals surface area contributed by atoms with E-state index in [1.165, 1.54) is 0 Å². The van der Waals surface area contributed by atoms with Crippen molar-refractivity contribution in [2.45, 2.75) is 33.6 Å². The highest BCUT2D eigenvalue weighted by atomic mass is 16.9. The van der Waals surface area contributed by atoms with Gasteiger partial charge >= 0.3 is 0 Å². The molecular weight excluding hydrogens is 354 g/mol. The molecule has 0 aliphatic carbocycles. The Bertz CT molecular complexity index is 648. The van der Waals surface area contributed by atoms with Crippen molar-refractivity contribution in [3.05, 3.63) is 39.4 Å². The molecule has 2 amide bonds. The fourth-order valence-corrected chi connectivity index (χ4v) is 2.39. The number of carbonyl (C=O) groups excluding carboxylic acids is 2. The molecule has 150 valence electrons. The van der Waals surface area contributed by atoms with Crippen LogP contribution < -0.4 is 10.1 Å². The minimum Gasteiger partial charge on any atom is -0.494 e. The van der Waals surface area contributed by atoms with Crippen molar-refractivity contribution in [2.75, 3.05) is 32.8 Å². The first-order chi connectivity index (χ1) is 13.0. The summed E-state index contributed by atoms with van der Waals surface area (Å²) < 4.78 is 5.45. The normalized spacial score (nSPS) is 12.3. The van der Waals surface area contributed by atoms with Crippen LogP contribution in [0.15, 0.2) is 18.2 Å². The largest absolute Gasteiger partial charge is 0.494 e. The highest BCUT2D eigenvalue weighted by Gasteiger charge is 2.35. The summed E-state index contributed by atoms with van der Waals surface area (Å²) in [5.74, 6) is -0.272. The van der Waals surface area contributed by atoms with Gasteiger partial charge < -0.3 is 14.9 Å². The summed E-state index contributed by atoms with van der Waals surface area (Å²) in [6, 6.07) is 4.77. The summed E-state index contributed by atoms with van der Waals surface area (Å²) in [4.78, 5) is 39.7. The first kappa shape index (κ1) is 22.4. The van der Waals surface area contributed by atoms with Crippen LogP contribution in [0, 0.1) is 10.1 Å². The van der Waals surface area contributed by atoms with Crippen LogP contribution in [0.3, 0.4) is 0 Å². The SMILES string of the molecule is CCCOc1ccc2c(c1)C(=O)N(CCCO[N+](=O)[O-])C2=O.CCNCC. The lowest BCUT2D eigenvalue weighted by Gasteiger charge is -2.12. The average Bonchev–Trinajstić information content (AvgIpc) is 2.88. The predicted octanol–water partition coefficient (Wildman–Crippen LogP) is 2.29. The van der Waals surface area contributed by atoms with Crippen LogP contribution in [-0.4, -0.2) is 54.6 Å². The molecule has 1 N–H and O–H groups in total. The van der Waals surface area contributed by atoms with Crippen molar-refractivity contribution in [2.24, 2.45) is 0 Å². The van der Waals surface area contributed by atoms with Crippen LogP contribution >= 0.6 is 0 Å². The summed E-state index contributed by atoms with van der Waals surface area (Å²) in [5, 5.41) is 12.3. The molecule has 0 fully saturated rings. The number of rotatable bonds is 10. The maximum absolute atomic E-state index is 12.2. The Morgan fingerprint density at radius 3 is 2.30 bits per heavy atom. The average molecular weight is 381 g/mol. The molecule has 2 rings (SSSR count). The van der Waals surface area contributed by atoms with E-state index < -0.39 is 16.9 Å². The molecule has 0 bridgehead atoms. The lowest BCUT2D eigenvalue weighted by molar-refractivity contribution is -0.757. The summed E-state index contributed by atoms with van der Waals surface area (Å²) in [5.41, 5.74) is 0.623. The van der Waals surface area contributed by atoms with E-state index in [2.05, 4.69) is 24.0 Å². The Kier molecular flexibility index (Phi) is 9.81. The Morgan fingerprint density at radius 2 is 1.74 bits per heavy atom. The van der Waals surface area contributed by atoms with Gasteiger partial charge in [-0.05, 0) is 44.1 Å². The molecule has 9 heteroatoms. The third-order valence-electron chi connectivity index (χ3n) is 3.64. The molecule has 1 aromatic rings. The third kappa shape index (κ3) is 6.86. The number of carbonyl (C=O) groups is 2. The number of imide groups is 1. The van der Waals surface area contributed by atoms with Crippen LogP contribution in [0.5, 0.6) is 5.75 Å². The molecule has 0 spiro atoms. The smallest absolute Gasteiger partial charge is 0.294 e. The number of nitrogens with zero attached hydrogens (tertiary/aromatic N) is 2. The van der Waals surface area contributed by atoms with E-state index in [9.17, 15) is 19.7 Å². The van der Waals surface area contributed by atoms with Crippen molar-refractivity contribution in [3.8, 4) is 5.75 Å². The molecule has 1 aliphatic heterocycles. The van der Waals surface area contributed by atoms with Gasteiger partial charge in [-0.15, -0.1) is 10.1 Å². The quantitative estimate of drug-likeness (QED) is 0.286. The Hall–Kier alpha value is -2.68. The molecule has 0 saturated carbocycles. The van der Waals surface area contributed by atoms with Gasteiger partial charge in [0.25, 0.3) is 16.9 Å². The third-order valence-corrected chi connectivity index (χ3v) is 3.64. The van der Waals surface area contributed by atoms with Crippen LogP contribution in [-0.2, 0) is 4.84 Å². The van der Waals surface area contributed by atoms with E-state index in [1.54, 1.807) is 18.2 Å². The summed E-state index contributed by atoms with van der Waals surface area (Å²) in [7, 11) is 0. The summed E-state index contributed by atoms with van der Waals surface area (Å²) in [6.45, 7) is 8.80. The topological polar surface area (TPSA) is 111 Å². The van der Waals surface area contributed by atoms with Gasteiger partial charge in [0.2, 0.25) is 0 Å². The highest BCUT2D eigenvalue weighted by Crippen LogP contribution is 2.27. The molecule has 0 saturated heterocycles. The molecule has 0 radical (unpaired) electrons. The number of hydrogen-bond acceptors (Lipinski definition) is 7. The number of fused-ring (bicyclic) bond motifs is 1. The van der Waals surface area contributed by atoms with Crippen molar-refractivity contribution in [3.63, 3.8) is 0 Å². The van der Waals surface area contributed by atoms with Gasteiger partial charge in [0, 0.05) is 6.54 Å². The van der Waals surface area contributed by atoms with Crippen molar-refractivity contribution < 1.29 is 24.3 Å². The summed E-state index contributed by atoms with van der Waals surface area (Å²) in [6.07, 6.45) is 1.04. The highest BCUT2D eigenvalue weighted by molar-refractivity contribution is 6.21. The minimum absolute atomic E-state index is 0.0747. The van der Waals surface area contributed by atoms with Crippen LogP contribution in [0.1, 0.15) is 54.3 Å². The molecule has 27 heavy (non-hydrogen) atoms. The molecule has 0 atom stereocenters. The monoisotopic (exact) mass is 381 g/mol. The predicted molar refractivity (Wildman–Crippen MR) is 99.4 cm³/mol. The van der Waals surface area contributed by atoms with Gasteiger partial charge in [-0.25, -0.2) is 0 Å². The zero-order valence-corrected chi connectivity index (χ0v) is 16.0. The van der Waals surface area contributed by atoms with Crippen molar-refractivity contribution in [1.82, 2.24) is 10.2 Å². The fourth-order valence-electron chi connectivity index (χ4n) is 2.39.